The second-order valence-electron chi connectivity index (χ2n) is 5.08. The third-order valence-electron chi connectivity index (χ3n) is 3.80. The molecule has 17 heavy (non-hydrogen) atoms. The lowest BCUT2D eigenvalue weighted by atomic mass is 9.83. The highest BCUT2D eigenvalue weighted by Gasteiger charge is 2.17. The fourth-order valence-corrected chi connectivity index (χ4v) is 2.65. The van der Waals surface area contributed by atoms with Gasteiger partial charge in [0.2, 0.25) is 0 Å². The normalized spacial score (nSPS) is 13.0. The summed E-state index contributed by atoms with van der Waals surface area (Å²) in [5, 5.41) is 3.35. The minimum atomic E-state index is 0.762. The van der Waals surface area contributed by atoms with Gasteiger partial charge in [-0.3, -0.25) is 0 Å². The Labute approximate surface area is 107 Å². The molecule has 96 valence electrons. The van der Waals surface area contributed by atoms with Crippen LogP contribution in [0.2, 0.25) is 0 Å². The molecular formula is C16H27N. The molecule has 0 aromatic heterocycles. The molecule has 1 rings (SSSR count). The van der Waals surface area contributed by atoms with E-state index < -0.39 is 0 Å². The number of benzene rings is 1. The highest BCUT2D eigenvalue weighted by atomic mass is 14.8. The Hall–Kier alpha value is -0.820. The van der Waals surface area contributed by atoms with E-state index in [-0.39, 0.29) is 0 Å². The van der Waals surface area contributed by atoms with E-state index in [4.69, 9.17) is 0 Å². The second-order valence-corrected chi connectivity index (χ2v) is 5.08. The van der Waals surface area contributed by atoms with Crippen LogP contribution in [0.5, 0.6) is 0 Å². The molecule has 1 heteroatoms. The summed E-state index contributed by atoms with van der Waals surface area (Å²) in [4.78, 5) is 0. The van der Waals surface area contributed by atoms with Gasteiger partial charge in [-0.1, -0.05) is 56.5 Å². The van der Waals surface area contributed by atoms with Crippen molar-refractivity contribution in [2.45, 2.75) is 40.0 Å². The Morgan fingerprint density at radius 3 is 2.06 bits per heavy atom. The summed E-state index contributed by atoms with van der Waals surface area (Å²) in [5.41, 5.74) is 2.82. The molecule has 1 atom stereocenters. The maximum Gasteiger partial charge on any atom is -0.00177 e. The van der Waals surface area contributed by atoms with Crippen LogP contribution in [0.3, 0.4) is 0 Å². The molecule has 0 saturated carbocycles. The fraction of sp³-hybridized carbons (Fsp3) is 0.625. The molecule has 0 aliphatic heterocycles. The molecule has 0 spiro atoms. The molecule has 0 heterocycles. The topological polar surface area (TPSA) is 12.0 Å². The van der Waals surface area contributed by atoms with Crippen molar-refractivity contribution in [2.75, 3.05) is 13.6 Å². The molecule has 1 aromatic carbocycles. The minimum Gasteiger partial charge on any atom is -0.319 e. The largest absolute Gasteiger partial charge is 0.319 e. The predicted molar refractivity (Wildman–Crippen MR) is 76.4 cm³/mol. The number of rotatable bonds is 7. The maximum atomic E-state index is 3.35. The third kappa shape index (κ3) is 4.51. The van der Waals surface area contributed by atoms with Crippen LogP contribution in [0, 0.1) is 18.8 Å². The Kier molecular flexibility index (Phi) is 6.28. The summed E-state index contributed by atoms with van der Waals surface area (Å²) in [6.07, 6.45) is 3.77. The lowest BCUT2D eigenvalue weighted by Gasteiger charge is -2.25. The fourth-order valence-electron chi connectivity index (χ4n) is 2.65. The molecule has 1 unspecified atom stereocenters. The van der Waals surface area contributed by atoms with Gasteiger partial charge in [0.05, 0.1) is 0 Å². The zero-order chi connectivity index (χ0) is 12.7. The van der Waals surface area contributed by atoms with Crippen molar-refractivity contribution in [3.05, 3.63) is 35.4 Å². The summed E-state index contributed by atoms with van der Waals surface area (Å²) in [7, 11) is 2.06. The highest BCUT2D eigenvalue weighted by Crippen LogP contribution is 2.23. The third-order valence-corrected chi connectivity index (χ3v) is 3.80. The first-order valence-corrected chi connectivity index (χ1v) is 6.91. The summed E-state index contributed by atoms with van der Waals surface area (Å²) in [6.45, 7) is 7.90. The first kappa shape index (κ1) is 14.2. The van der Waals surface area contributed by atoms with Crippen LogP contribution in [0.1, 0.15) is 37.8 Å². The summed E-state index contributed by atoms with van der Waals surface area (Å²) < 4.78 is 0. The van der Waals surface area contributed by atoms with Gasteiger partial charge in [-0.15, -0.1) is 0 Å². The number of nitrogens with one attached hydrogen (secondary N) is 1. The van der Waals surface area contributed by atoms with Gasteiger partial charge < -0.3 is 5.32 Å². The summed E-state index contributed by atoms with van der Waals surface area (Å²) >= 11 is 0. The van der Waals surface area contributed by atoms with Gasteiger partial charge in [0.15, 0.2) is 0 Å². The molecule has 0 fully saturated rings. The molecule has 1 nitrogen and oxygen atoms in total. The Morgan fingerprint density at radius 2 is 1.59 bits per heavy atom. The number of hydrogen-bond donors (Lipinski definition) is 1. The van der Waals surface area contributed by atoms with E-state index in [1.54, 1.807) is 0 Å². The van der Waals surface area contributed by atoms with Gasteiger partial charge in [-0.25, -0.2) is 0 Å². The van der Waals surface area contributed by atoms with Gasteiger partial charge in [-0.2, -0.15) is 0 Å². The molecule has 1 N–H and O–H groups in total. The SMILES string of the molecule is CCC(CC)C(CNC)Cc1ccc(C)cc1. The van der Waals surface area contributed by atoms with Gasteiger partial charge in [0, 0.05) is 0 Å². The van der Waals surface area contributed by atoms with Crippen LogP contribution >= 0.6 is 0 Å². The smallest absolute Gasteiger partial charge is 0.00177 e. The lowest BCUT2D eigenvalue weighted by molar-refractivity contribution is 0.304. The van der Waals surface area contributed by atoms with Gasteiger partial charge >= 0.3 is 0 Å². The van der Waals surface area contributed by atoms with E-state index in [1.807, 2.05) is 0 Å². The van der Waals surface area contributed by atoms with Crippen LogP contribution in [0.25, 0.3) is 0 Å². The van der Waals surface area contributed by atoms with E-state index >= 15 is 0 Å². The highest BCUT2D eigenvalue weighted by molar-refractivity contribution is 5.21. The van der Waals surface area contributed by atoms with E-state index in [2.05, 4.69) is 57.4 Å². The zero-order valence-electron chi connectivity index (χ0n) is 11.8. The van der Waals surface area contributed by atoms with Gasteiger partial charge in [-0.05, 0) is 44.3 Å². The lowest BCUT2D eigenvalue weighted by Crippen LogP contribution is -2.27. The molecule has 0 aliphatic carbocycles. The summed E-state index contributed by atoms with van der Waals surface area (Å²) in [5.74, 6) is 1.60. The van der Waals surface area contributed by atoms with Crippen molar-refractivity contribution >= 4 is 0 Å². The quantitative estimate of drug-likeness (QED) is 0.755. The van der Waals surface area contributed by atoms with Crippen molar-refractivity contribution < 1.29 is 0 Å². The van der Waals surface area contributed by atoms with E-state index in [0.29, 0.717) is 0 Å². The van der Waals surface area contributed by atoms with Crippen molar-refractivity contribution in [1.82, 2.24) is 5.32 Å². The molecule has 0 bridgehead atoms. The van der Waals surface area contributed by atoms with Crippen molar-refractivity contribution in [3.8, 4) is 0 Å². The standard InChI is InChI=1S/C16H27N/c1-5-15(6-2)16(12-17-4)11-14-9-7-13(3)8-10-14/h7-10,15-17H,5-6,11-12H2,1-4H3. The Balaban J connectivity index is 2.68. The van der Waals surface area contributed by atoms with Crippen LogP contribution in [0.4, 0.5) is 0 Å². The molecule has 0 aliphatic rings. The van der Waals surface area contributed by atoms with Crippen molar-refractivity contribution in [1.29, 1.82) is 0 Å². The molecule has 0 radical (unpaired) electrons. The number of aryl methyl sites for hydroxylation is 1. The molecule has 0 amide bonds. The van der Waals surface area contributed by atoms with Crippen LogP contribution in [0.15, 0.2) is 24.3 Å². The monoisotopic (exact) mass is 233 g/mol. The Bertz CT molecular complexity index is 298. The zero-order valence-corrected chi connectivity index (χ0v) is 11.8. The van der Waals surface area contributed by atoms with Crippen LogP contribution in [-0.4, -0.2) is 13.6 Å². The minimum absolute atomic E-state index is 0.762. The molecular weight excluding hydrogens is 206 g/mol. The van der Waals surface area contributed by atoms with Crippen LogP contribution in [-0.2, 0) is 6.42 Å². The van der Waals surface area contributed by atoms with E-state index in [0.717, 1.165) is 18.4 Å². The average Bonchev–Trinajstić information content (AvgIpc) is 2.34. The molecule has 0 saturated heterocycles. The maximum absolute atomic E-state index is 3.35. The first-order chi connectivity index (χ1) is 8.21. The van der Waals surface area contributed by atoms with Crippen molar-refractivity contribution in [3.63, 3.8) is 0 Å². The predicted octanol–water partition coefficient (Wildman–Crippen LogP) is 3.81. The average molecular weight is 233 g/mol. The molecule has 1 aromatic rings. The van der Waals surface area contributed by atoms with Gasteiger partial charge in [0.25, 0.3) is 0 Å². The second kappa shape index (κ2) is 7.50. The van der Waals surface area contributed by atoms with Crippen molar-refractivity contribution in [2.24, 2.45) is 11.8 Å². The van der Waals surface area contributed by atoms with E-state index in [1.165, 1.54) is 30.4 Å². The van der Waals surface area contributed by atoms with Crippen LogP contribution < -0.4 is 5.32 Å². The summed E-state index contributed by atoms with van der Waals surface area (Å²) in [6, 6.07) is 9.00. The van der Waals surface area contributed by atoms with E-state index in [9.17, 15) is 0 Å². The Morgan fingerprint density at radius 1 is 1.00 bits per heavy atom. The number of hydrogen-bond acceptors (Lipinski definition) is 1. The van der Waals surface area contributed by atoms with Gasteiger partial charge in [0.1, 0.15) is 0 Å². The first-order valence-electron chi connectivity index (χ1n) is 6.91.